The number of phosphoric ester groups is 1. The van der Waals surface area contributed by atoms with Gasteiger partial charge in [0.15, 0.2) is 0 Å². The van der Waals surface area contributed by atoms with E-state index in [2.05, 4.69) is 4.52 Å². The largest absolute Gasteiger partial charge is 0.469 e. The lowest BCUT2D eigenvalue weighted by Crippen LogP contribution is -2.45. The molecule has 0 aromatic carbocycles. The second kappa shape index (κ2) is 5.88. The van der Waals surface area contributed by atoms with Crippen LogP contribution in [0.5, 0.6) is 0 Å². The molecule has 0 saturated carbocycles. The molecule has 15 heavy (non-hydrogen) atoms. The third-order valence-corrected chi connectivity index (χ3v) is 2.14. The van der Waals surface area contributed by atoms with Crippen LogP contribution in [0.2, 0.25) is 0 Å². The first-order valence-corrected chi connectivity index (χ1v) is 5.60. The normalized spacial score (nSPS) is 20.7. The lowest BCUT2D eigenvalue weighted by molar-refractivity contribution is -0.109. The fourth-order valence-corrected chi connectivity index (χ4v) is 1.13. The quantitative estimate of drug-likeness (QED) is 0.283. The number of hydrogen-bond donors (Lipinski definition) is 6. The highest BCUT2D eigenvalue weighted by atomic mass is 31.2. The highest BCUT2D eigenvalue weighted by Crippen LogP contribution is 2.35. The Balaban J connectivity index is 4.10. The van der Waals surface area contributed by atoms with Gasteiger partial charge in [-0.2, -0.15) is 0 Å². The SMILES string of the molecule is CC(O)C(O)C(O)C(O)COP(=O)(O)O. The molecule has 0 aliphatic rings. The van der Waals surface area contributed by atoms with E-state index < -0.39 is 38.8 Å². The van der Waals surface area contributed by atoms with Crippen molar-refractivity contribution in [2.24, 2.45) is 0 Å². The fraction of sp³-hybridized carbons (Fsp3) is 1.00. The minimum atomic E-state index is -4.73. The summed E-state index contributed by atoms with van der Waals surface area (Å²) in [6.07, 6.45) is -6.37. The summed E-state index contributed by atoms with van der Waals surface area (Å²) in [5.74, 6) is 0. The van der Waals surface area contributed by atoms with E-state index in [-0.39, 0.29) is 0 Å². The lowest BCUT2D eigenvalue weighted by atomic mass is 10.1. The van der Waals surface area contributed by atoms with Crippen molar-refractivity contribution in [2.45, 2.75) is 31.3 Å². The van der Waals surface area contributed by atoms with Crippen molar-refractivity contribution >= 4 is 7.82 Å². The first-order valence-electron chi connectivity index (χ1n) is 4.07. The van der Waals surface area contributed by atoms with Gasteiger partial charge >= 0.3 is 7.82 Å². The lowest BCUT2D eigenvalue weighted by Gasteiger charge is -2.24. The van der Waals surface area contributed by atoms with Crippen LogP contribution in [0.25, 0.3) is 0 Å². The van der Waals surface area contributed by atoms with Crippen molar-refractivity contribution in [1.29, 1.82) is 0 Å². The molecule has 8 nitrogen and oxygen atoms in total. The van der Waals surface area contributed by atoms with Gasteiger partial charge in [-0.15, -0.1) is 0 Å². The van der Waals surface area contributed by atoms with Crippen LogP contribution < -0.4 is 0 Å². The Morgan fingerprint density at radius 1 is 1.13 bits per heavy atom. The van der Waals surface area contributed by atoms with E-state index in [4.69, 9.17) is 30.2 Å². The average Bonchev–Trinajstić information content (AvgIpc) is 2.10. The van der Waals surface area contributed by atoms with Gasteiger partial charge in [-0.1, -0.05) is 0 Å². The number of aliphatic hydroxyl groups is 4. The van der Waals surface area contributed by atoms with Crippen molar-refractivity contribution in [2.75, 3.05) is 6.61 Å². The molecule has 0 rings (SSSR count). The molecule has 0 aromatic rings. The van der Waals surface area contributed by atoms with E-state index in [1.165, 1.54) is 6.92 Å². The molecule has 6 N–H and O–H groups in total. The highest BCUT2D eigenvalue weighted by molar-refractivity contribution is 7.46. The van der Waals surface area contributed by atoms with Crippen LogP contribution in [-0.2, 0) is 9.09 Å². The molecular weight excluding hydrogens is 231 g/mol. The number of aliphatic hydroxyl groups excluding tert-OH is 4. The number of phosphoric acid groups is 1. The maximum absolute atomic E-state index is 10.2. The topological polar surface area (TPSA) is 148 Å². The van der Waals surface area contributed by atoms with Gasteiger partial charge in [-0.3, -0.25) is 4.52 Å². The van der Waals surface area contributed by atoms with Crippen molar-refractivity contribution in [3.05, 3.63) is 0 Å². The molecule has 0 amide bonds. The molecule has 0 aliphatic heterocycles. The van der Waals surface area contributed by atoms with Gasteiger partial charge in [-0.05, 0) is 6.92 Å². The first kappa shape index (κ1) is 14.9. The predicted molar refractivity (Wildman–Crippen MR) is 47.7 cm³/mol. The van der Waals surface area contributed by atoms with Gasteiger partial charge in [0.25, 0.3) is 0 Å². The second-order valence-corrected chi connectivity index (χ2v) is 4.31. The van der Waals surface area contributed by atoms with Crippen molar-refractivity contribution < 1.29 is 39.3 Å². The van der Waals surface area contributed by atoms with Gasteiger partial charge in [-0.25, -0.2) is 4.57 Å². The Morgan fingerprint density at radius 3 is 1.93 bits per heavy atom. The monoisotopic (exact) mass is 246 g/mol. The Morgan fingerprint density at radius 2 is 1.60 bits per heavy atom. The van der Waals surface area contributed by atoms with E-state index in [9.17, 15) is 4.57 Å². The van der Waals surface area contributed by atoms with Crippen LogP contribution in [0.3, 0.4) is 0 Å². The van der Waals surface area contributed by atoms with Gasteiger partial charge in [0.2, 0.25) is 0 Å². The van der Waals surface area contributed by atoms with Crippen molar-refractivity contribution in [3.8, 4) is 0 Å². The van der Waals surface area contributed by atoms with E-state index in [0.717, 1.165) is 0 Å². The molecule has 0 bridgehead atoms. The van der Waals surface area contributed by atoms with Crippen LogP contribution in [0, 0.1) is 0 Å². The molecule has 0 fully saturated rings. The van der Waals surface area contributed by atoms with Crippen LogP contribution >= 0.6 is 7.82 Å². The molecule has 92 valence electrons. The number of rotatable bonds is 6. The molecule has 0 radical (unpaired) electrons. The summed E-state index contributed by atoms with van der Waals surface area (Å²) in [5.41, 5.74) is 0. The summed E-state index contributed by atoms with van der Waals surface area (Å²) in [6.45, 7) is 0.333. The van der Waals surface area contributed by atoms with Crippen LogP contribution in [-0.4, -0.2) is 61.2 Å². The Bertz CT molecular complexity index is 225. The summed E-state index contributed by atoms with van der Waals surface area (Å²) in [5, 5.41) is 36.2. The van der Waals surface area contributed by atoms with E-state index in [0.29, 0.717) is 0 Å². The van der Waals surface area contributed by atoms with Gasteiger partial charge in [0, 0.05) is 0 Å². The van der Waals surface area contributed by atoms with Crippen LogP contribution in [0.15, 0.2) is 0 Å². The molecule has 0 aromatic heterocycles. The molecular formula is C6H15O8P. The molecule has 0 saturated heterocycles. The minimum Gasteiger partial charge on any atom is -0.391 e. The molecule has 9 heteroatoms. The van der Waals surface area contributed by atoms with E-state index in [1.54, 1.807) is 0 Å². The zero-order valence-corrected chi connectivity index (χ0v) is 8.86. The van der Waals surface area contributed by atoms with E-state index >= 15 is 0 Å². The zero-order chi connectivity index (χ0) is 12.2. The summed E-state index contributed by atoms with van der Waals surface area (Å²) in [7, 11) is -4.73. The van der Waals surface area contributed by atoms with Crippen LogP contribution in [0.1, 0.15) is 6.92 Å². The Kier molecular flexibility index (Phi) is 5.86. The van der Waals surface area contributed by atoms with Gasteiger partial charge in [0.1, 0.15) is 18.3 Å². The third kappa shape index (κ3) is 6.18. The number of hydrogen-bond acceptors (Lipinski definition) is 6. The molecule has 0 heterocycles. The molecule has 4 atom stereocenters. The summed E-state index contributed by atoms with van der Waals surface area (Å²) in [6, 6.07) is 0. The smallest absolute Gasteiger partial charge is 0.391 e. The van der Waals surface area contributed by atoms with E-state index in [1.807, 2.05) is 0 Å². The fourth-order valence-electron chi connectivity index (χ4n) is 0.785. The maximum Gasteiger partial charge on any atom is 0.469 e. The third-order valence-electron chi connectivity index (χ3n) is 1.65. The Hall–Kier alpha value is -0.0500. The summed E-state index contributed by atoms with van der Waals surface area (Å²) in [4.78, 5) is 16.6. The van der Waals surface area contributed by atoms with Crippen molar-refractivity contribution in [3.63, 3.8) is 0 Å². The predicted octanol–water partition coefficient (Wildman–Crippen LogP) is -2.44. The minimum absolute atomic E-state index is 0.852. The summed E-state index contributed by atoms with van der Waals surface area (Å²) >= 11 is 0. The Labute approximate surface area is 86.0 Å². The zero-order valence-electron chi connectivity index (χ0n) is 7.96. The standard InChI is InChI=1S/C6H15O8P/c1-3(7)5(9)6(10)4(8)2-14-15(11,12)13/h3-10H,2H2,1H3,(H2,11,12,13). The highest BCUT2D eigenvalue weighted by Gasteiger charge is 2.29. The summed E-state index contributed by atoms with van der Waals surface area (Å²) < 4.78 is 14.1. The van der Waals surface area contributed by atoms with Gasteiger partial charge in [0.05, 0.1) is 12.7 Å². The first-order chi connectivity index (χ1) is 6.65. The molecule has 4 unspecified atom stereocenters. The maximum atomic E-state index is 10.2. The van der Waals surface area contributed by atoms with Crippen LogP contribution in [0.4, 0.5) is 0 Å². The second-order valence-electron chi connectivity index (χ2n) is 3.08. The average molecular weight is 246 g/mol. The van der Waals surface area contributed by atoms with Crippen molar-refractivity contribution in [1.82, 2.24) is 0 Å². The molecule has 0 spiro atoms. The molecule has 0 aliphatic carbocycles. The van der Waals surface area contributed by atoms with Gasteiger partial charge < -0.3 is 30.2 Å².